The lowest BCUT2D eigenvalue weighted by atomic mass is 9.90. The predicted molar refractivity (Wildman–Crippen MR) is 123 cm³/mol. The van der Waals surface area contributed by atoms with Crippen molar-refractivity contribution >= 4 is 23.3 Å². The number of hydrogen-bond acceptors (Lipinski definition) is 5. The highest BCUT2D eigenvalue weighted by Gasteiger charge is 2.35. The van der Waals surface area contributed by atoms with Crippen molar-refractivity contribution < 1.29 is 19.5 Å². The molecule has 0 radical (unpaired) electrons. The zero-order valence-electron chi connectivity index (χ0n) is 18.2. The zero-order valence-corrected chi connectivity index (χ0v) is 18.2. The van der Waals surface area contributed by atoms with Crippen LogP contribution >= 0.6 is 0 Å². The summed E-state index contributed by atoms with van der Waals surface area (Å²) in [5, 5.41) is 8.95. The number of nitrogens with zero attached hydrogens (tertiary/aromatic N) is 2. The lowest BCUT2D eigenvalue weighted by Gasteiger charge is -2.34. The molecule has 32 heavy (non-hydrogen) atoms. The first-order valence-corrected chi connectivity index (χ1v) is 10.7. The maximum absolute atomic E-state index is 13.7. The monoisotopic (exact) mass is 435 g/mol. The van der Waals surface area contributed by atoms with Gasteiger partial charge in [-0.05, 0) is 49.2 Å². The molecule has 3 rings (SSSR count). The number of carbonyl (C=O) groups excluding carboxylic acids is 2. The highest BCUT2D eigenvalue weighted by molar-refractivity contribution is 6.13. The first kappa shape index (κ1) is 23.2. The molecule has 2 aromatic carbocycles. The SMILES string of the molecule is CN(C(=O)C(C(=O)/C=C/C(=O)O)c1ccccc1N)C(CN1CCCC1)c1ccccc1. The van der Waals surface area contributed by atoms with Crippen molar-refractivity contribution in [3.63, 3.8) is 0 Å². The van der Waals surface area contributed by atoms with Crippen molar-refractivity contribution in [1.29, 1.82) is 0 Å². The van der Waals surface area contributed by atoms with Gasteiger partial charge in [0.1, 0.15) is 5.92 Å². The van der Waals surface area contributed by atoms with Crippen molar-refractivity contribution in [2.45, 2.75) is 24.8 Å². The van der Waals surface area contributed by atoms with Gasteiger partial charge < -0.3 is 20.6 Å². The number of likely N-dealkylation sites (tertiary alicyclic amines) is 1. The minimum Gasteiger partial charge on any atom is -0.478 e. The molecule has 1 aliphatic heterocycles. The Morgan fingerprint density at radius 2 is 1.66 bits per heavy atom. The number of para-hydroxylation sites is 1. The summed E-state index contributed by atoms with van der Waals surface area (Å²) >= 11 is 0. The van der Waals surface area contributed by atoms with Crippen LogP contribution < -0.4 is 5.73 Å². The average Bonchev–Trinajstić information content (AvgIpc) is 3.31. The number of allylic oxidation sites excluding steroid dienone is 1. The average molecular weight is 436 g/mol. The van der Waals surface area contributed by atoms with E-state index >= 15 is 0 Å². The van der Waals surface area contributed by atoms with Gasteiger partial charge in [0.05, 0.1) is 6.04 Å². The van der Waals surface area contributed by atoms with Gasteiger partial charge in [-0.15, -0.1) is 0 Å². The molecule has 0 spiro atoms. The number of rotatable bonds is 9. The minimum absolute atomic E-state index is 0.259. The quantitative estimate of drug-likeness (QED) is 0.357. The number of carbonyl (C=O) groups is 3. The fourth-order valence-corrected chi connectivity index (χ4v) is 4.13. The van der Waals surface area contributed by atoms with Crippen molar-refractivity contribution in [3.8, 4) is 0 Å². The second kappa shape index (κ2) is 10.7. The number of nitrogen functional groups attached to an aromatic ring is 1. The van der Waals surface area contributed by atoms with E-state index in [0.717, 1.165) is 43.6 Å². The fraction of sp³-hybridized carbons (Fsp3) is 0.320. The number of carboxylic acid groups (broad SMARTS) is 1. The lowest BCUT2D eigenvalue weighted by Crippen LogP contribution is -2.42. The normalized spacial score (nSPS) is 16.0. The van der Waals surface area contributed by atoms with Crippen molar-refractivity contribution in [2.75, 3.05) is 32.4 Å². The number of amides is 1. The van der Waals surface area contributed by atoms with E-state index in [0.29, 0.717) is 17.8 Å². The molecule has 1 aliphatic rings. The van der Waals surface area contributed by atoms with Crippen LogP contribution in [0.15, 0.2) is 66.7 Å². The van der Waals surface area contributed by atoms with Gasteiger partial charge in [-0.3, -0.25) is 9.59 Å². The molecular formula is C25H29N3O4. The second-order valence-electron chi connectivity index (χ2n) is 8.02. The molecule has 0 aromatic heterocycles. The molecule has 0 bridgehead atoms. The molecule has 1 amide bonds. The molecule has 7 nitrogen and oxygen atoms in total. The molecule has 168 valence electrons. The van der Waals surface area contributed by atoms with Crippen LogP contribution in [-0.2, 0) is 14.4 Å². The highest BCUT2D eigenvalue weighted by atomic mass is 16.4. The Hall–Kier alpha value is -3.45. The van der Waals surface area contributed by atoms with Gasteiger partial charge in [-0.1, -0.05) is 48.5 Å². The molecule has 2 unspecified atom stereocenters. The van der Waals surface area contributed by atoms with E-state index in [-0.39, 0.29) is 6.04 Å². The minimum atomic E-state index is -1.25. The van der Waals surface area contributed by atoms with Crippen LogP contribution in [0.5, 0.6) is 0 Å². The van der Waals surface area contributed by atoms with E-state index in [2.05, 4.69) is 4.90 Å². The summed E-state index contributed by atoms with van der Waals surface area (Å²) in [6, 6.07) is 16.2. The van der Waals surface area contributed by atoms with Crippen molar-refractivity contribution in [2.24, 2.45) is 0 Å². The molecule has 0 saturated carbocycles. The first-order valence-electron chi connectivity index (χ1n) is 10.7. The first-order chi connectivity index (χ1) is 15.4. The van der Waals surface area contributed by atoms with E-state index in [1.165, 1.54) is 0 Å². The number of ketones is 1. The number of aliphatic carboxylic acids is 1. The number of benzene rings is 2. The number of nitrogens with two attached hydrogens (primary N) is 1. The summed E-state index contributed by atoms with van der Waals surface area (Å²) in [6.45, 7) is 2.60. The molecule has 1 heterocycles. The third-order valence-electron chi connectivity index (χ3n) is 5.86. The Morgan fingerprint density at radius 3 is 2.28 bits per heavy atom. The maximum atomic E-state index is 13.7. The van der Waals surface area contributed by atoms with Crippen LogP contribution in [0.3, 0.4) is 0 Å². The van der Waals surface area contributed by atoms with Gasteiger partial charge in [0.15, 0.2) is 5.78 Å². The van der Waals surface area contributed by atoms with E-state index in [1.54, 1.807) is 36.2 Å². The van der Waals surface area contributed by atoms with Gasteiger partial charge in [-0.25, -0.2) is 4.79 Å². The summed E-state index contributed by atoms with van der Waals surface area (Å²) < 4.78 is 0. The van der Waals surface area contributed by atoms with Gasteiger partial charge >= 0.3 is 5.97 Å². The predicted octanol–water partition coefficient (Wildman–Crippen LogP) is 2.86. The molecule has 7 heteroatoms. The number of anilines is 1. The van der Waals surface area contributed by atoms with Crippen molar-refractivity contribution in [1.82, 2.24) is 9.80 Å². The van der Waals surface area contributed by atoms with Gasteiger partial charge in [0.2, 0.25) is 5.91 Å². The summed E-state index contributed by atoms with van der Waals surface area (Å²) in [5.74, 6) is -3.51. The van der Waals surface area contributed by atoms with E-state index in [9.17, 15) is 14.4 Å². The number of hydrogen-bond donors (Lipinski definition) is 2. The smallest absolute Gasteiger partial charge is 0.328 e. The summed E-state index contributed by atoms with van der Waals surface area (Å²) in [6.07, 6.45) is 3.94. The zero-order chi connectivity index (χ0) is 23.1. The third-order valence-corrected chi connectivity index (χ3v) is 5.86. The van der Waals surface area contributed by atoms with E-state index < -0.39 is 23.6 Å². The number of likely N-dealkylation sites (N-methyl/N-ethyl adjacent to an activating group) is 1. The lowest BCUT2D eigenvalue weighted by molar-refractivity contribution is -0.138. The maximum Gasteiger partial charge on any atom is 0.328 e. The summed E-state index contributed by atoms with van der Waals surface area (Å²) in [4.78, 5) is 41.6. The Bertz CT molecular complexity index is 984. The van der Waals surface area contributed by atoms with Gasteiger partial charge in [-0.2, -0.15) is 0 Å². The Labute approximate surface area is 188 Å². The fourth-order valence-electron chi connectivity index (χ4n) is 4.13. The highest BCUT2D eigenvalue weighted by Crippen LogP contribution is 2.30. The second-order valence-corrected chi connectivity index (χ2v) is 8.02. The van der Waals surface area contributed by atoms with E-state index in [1.807, 2.05) is 30.3 Å². The van der Waals surface area contributed by atoms with Crippen molar-refractivity contribution in [3.05, 3.63) is 77.9 Å². The Morgan fingerprint density at radius 1 is 1.03 bits per heavy atom. The molecule has 1 fully saturated rings. The van der Waals surface area contributed by atoms with Crippen LogP contribution in [0.25, 0.3) is 0 Å². The molecule has 0 aliphatic carbocycles. The van der Waals surface area contributed by atoms with Crippen LogP contribution in [0, 0.1) is 0 Å². The Balaban J connectivity index is 1.97. The summed E-state index contributed by atoms with van der Waals surface area (Å²) in [7, 11) is 1.69. The van der Waals surface area contributed by atoms with Crippen LogP contribution in [0.1, 0.15) is 35.9 Å². The molecule has 2 aromatic rings. The summed E-state index contributed by atoms with van der Waals surface area (Å²) in [5.41, 5.74) is 7.76. The molecule has 2 atom stereocenters. The Kier molecular flexibility index (Phi) is 7.78. The topological polar surface area (TPSA) is 104 Å². The van der Waals surface area contributed by atoms with Gasteiger partial charge in [0, 0.05) is 25.4 Å². The van der Waals surface area contributed by atoms with E-state index in [4.69, 9.17) is 10.8 Å². The molecule has 1 saturated heterocycles. The number of carboxylic acids is 1. The van der Waals surface area contributed by atoms with Crippen LogP contribution in [0.4, 0.5) is 5.69 Å². The van der Waals surface area contributed by atoms with Gasteiger partial charge in [0.25, 0.3) is 0 Å². The molecular weight excluding hydrogens is 406 g/mol. The van der Waals surface area contributed by atoms with Crippen LogP contribution in [-0.4, -0.2) is 59.2 Å². The third kappa shape index (κ3) is 5.62. The molecule has 3 N–H and O–H groups in total. The van der Waals surface area contributed by atoms with Crippen LogP contribution in [0.2, 0.25) is 0 Å². The largest absolute Gasteiger partial charge is 0.478 e. The standard InChI is InChI=1S/C25H29N3O4/c1-27(21(17-28-15-7-8-16-28)18-9-3-2-4-10-18)25(32)24(22(29)13-14-23(30)31)19-11-5-6-12-20(19)26/h2-6,9-14,21,24H,7-8,15-17,26H2,1H3,(H,30,31)/b14-13+.